The van der Waals surface area contributed by atoms with Gasteiger partial charge < -0.3 is 14.5 Å². The molecular formula is C28H46N3O4PS2. The summed E-state index contributed by atoms with van der Waals surface area (Å²) in [6.07, 6.45) is 9.61. The van der Waals surface area contributed by atoms with Crippen LogP contribution in [0, 0.1) is 0 Å². The van der Waals surface area contributed by atoms with Gasteiger partial charge >= 0.3 is 6.09 Å². The van der Waals surface area contributed by atoms with Crippen molar-refractivity contribution < 1.29 is 18.9 Å². The number of rotatable bonds is 15. The van der Waals surface area contributed by atoms with Crippen LogP contribution in [0.5, 0.6) is 0 Å². The molecule has 10 heteroatoms. The van der Waals surface area contributed by atoms with E-state index < -0.39 is 17.0 Å². The topological polar surface area (TPSA) is 71.4 Å². The smallest absolute Gasteiger partial charge is 0.396 e. The number of hydrogen-bond acceptors (Lipinski definition) is 7. The van der Waals surface area contributed by atoms with Crippen molar-refractivity contribution in [2.45, 2.75) is 83.4 Å². The van der Waals surface area contributed by atoms with Gasteiger partial charge in [0.25, 0.3) is 5.70 Å². The van der Waals surface area contributed by atoms with Gasteiger partial charge in [-0.05, 0) is 50.2 Å². The molecule has 214 valence electrons. The monoisotopic (exact) mass is 583 g/mol. The molecule has 0 bridgehead atoms. The summed E-state index contributed by atoms with van der Waals surface area (Å²) in [5.41, 5.74) is -0.341. The molecule has 1 aliphatic rings. The largest absolute Gasteiger partial charge is 0.416 e. The van der Waals surface area contributed by atoms with Crippen LogP contribution in [0.15, 0.2) is 42.1 Å². The lowest BCUT2D eigenvalue weighted by Gasteiger charge is -2.32. The fourth-order valence-corrected chi connectivity index (χ4v) is 14.1. The van der Waals surface area contributed by atoms with E-state index in [9.17, 15) is 9.36 Å². The quantitative estimate of drug-likeness (QED) is 0.0517. The van der Waals surface area contributed by atoms with Crippen molar-refractivity contribution in [2.75, 3.05) is 33.0 Å². The number of carbonyl (C=O) groups excluding carboxylic acids is 1. The maximum absolute atomic E-state index is 14.3. The van der Waals surface area contributed by atoms with Gasteiger partial charge in [-0.3, -0.25) is 4.57 Å². The second-order valence-electron chi connectivity index (χ2n) is 9.49. The van der Waals surface area contributed by atoms with E-state index in [4.69, 9.17) is 9.57 Å². The van der Waals surface area contributed by atoms with Crippen molar-refractivity contribution in [3.8, 4) is 0 Å². The molecule has 1 amide bonds. The summed E-state index contributed by atoms with van der Waals surface area (Å²) in [5.74, 6) is 0.914. The molecule has 1 aromatic carbocycles. The highest BCUT2D eigenvalue weighted by Gasteiger charge is 2.36. The molecule has 2 unspecified atom stereocenters. The first-order valence-corrected chi connectivity index (χ1v) is 18.4. The number of amides is 1. The van der Waals surface area contributed by atoms with Crippen LogP contribution in [-0.4, -0.2) is 65.9 Å². The molecule has 1 aliphatic carbocycles. The van der Waals surface area contributed by atoms with Crippen LogP contribution in [0.1, 0.15) is 70.4 Å². The molecule has 1 aromatic rings. The first-order chi connectivity index (χ1) is 18.3. The van der Waals surface area contributed by atoms with Crippen molar-refractivity contribution in [1.29, 1.82) is 0 Å². The predicted molar refractivity (Wildman–Crippen MR) is 164 cm³/mol. The highest BCUT2D eigenvalue weighted by Crippen LogP contribution is 2.72. The zero-order valence-electron chi connectivity index (χ0n) is 23.8. The molecule has 7 nitrogen and oxygen atoms in total. The molecule has 2 rings (SSSR count). The molecule has 1 saturated carbocycles. The number of carbonyl (C=O) groups is 1. The Morgan fingerprint density at radius 2 is 1.92 bits per heavy atom. The normalized spacial score (nSPS) is 17.1. The molecule has 0 radical (unpaired) electrons. The van der Waals surface area contributed by atoms with Gasteiger partial charge in [-0.25, -0.2) is 9.46 Å². The van der Waals surface area contributed by atoms with Crippen LogP contribution >= 0.6 is 28.5 Å². The SMILES string of the molecule is C=CCc1cccc(CCCSP(=O)(SC(C)C(=NOC)OC(=O)N(C)C2CCCCC2)N(CC)CC)c1. The summed E-state index contributed by atoms with van der Waals surface area (Å²) in [7, 11) is 3.21. The summed E-state index contributed by atoms with van der Waals surface area (Å²) < 4.78 is 22.0. The van der Waals surface area contributed by atoms with Crippen LogP contribution in [-0.2, 0) is 27.0 Å². The van der Waals surface area contributed by atoms with Gasteiger partial charge in [-0.1, -0.05) is 91.4 Å². The van der Waals surface area contributed by atoms with Gasteiger partial charge in [0.05, 0.1) is 5.25 Å². The Kier molecular flexibility index (Phi) is 14.9. The van der Waals surface area contributed by atoms with E-state index in [1.54, 1.807) is 11.9 Å². The van der Waals surface area contributed by atoms with Crippen LogP contribution in [0.25, 0.3) is 0 Å². The Bertz CT molecular complexity index is 952. The number of oxime groups is 1. The van der Waals surface area contributed by atoms with Gasteiger partial charge in [0, 0.05) is 31.9 Å². The van der Waals surface area contributed by atoms with E-state index in [1.165, 1.54) is 47.4 Å². The van der Waals surface area contributed by atoms with E-state index in [2.05, 4.69) is 36.0 Å². The fraction of sp³-hybridized carbons (Fsp3) is 0.643. The first kappa shape index (κ1) is 32.8. The first-order valence-electron chi connectivity index (χ1n) is 13.7. The number of benzene rings is 1. The van der Waals surface area contributed by atoms with Gasteiger partial charge in [-0.2, -0.15) is 0 Å². The van der Waals surface area contributed by atoms with Crippen molar-refractivity contribution in [3.63, 3.8) is 0 Å². The minimum atomic E-state index is -2.89. The molecular weight excluding hydrogens is 537 g/mol. The number of aryl methyl sites for hydroxylation is 1. The third-order valence-electron chi connectivity index (χ3n) is 6.73. The van der Waals surface area contributed by atoms with Crippen LogP contribution in [0.4, 0.5) is 4.79 Å². The van der Waals surface area contributed by atoms with Gasteiger partial charge in [0.15, 0.2) is 0 Å². The predicted octanol–water partition coefficient (Wildman–Crippen LogP) is 8.01. The third kappa shape index (κ3) is 10.3. The summed E-state index contributed by atoms with van der Waals surface area (Å²) >= 11 is 2.83. The van der Waals surface area contributed by atoms with Crippen molar-refractivity contribution in [1.82, 2.24) is 9.57 Å². The molecule has 0 saturated heterocycles. The Morgan fingerprint density at radius 3 is 2.55 bits per heavy atom. The maximum Gasteiger partial charge on any atom is 0.416 e. The number of allylic oxidation sites excluding steroid dienone is 1. The van der Waals surface area contributed by atoms with E-state index in [0.29, 0.717) is 13.1 Å². The average Bonchev–Trinajstić information content (AvgIpc) is 2.92. The van der Waals surface area contributed by atoms with E-state index in [-0.39, 0.29) is 11.9 Å². The maximum atomic E-state index is 14.3. The van der Waals surface area contributed by atoms with Gasteiger partial charge in [0.2, 0.25) is 5.90 Å². The Balaban J connectivity index is 2.04. The summed E-state index contributed by atoms with van der Waals surface area (Å²) in [6.45, 7) is 11.1. The van der Waals surface area contributed by atoms with Crippen molar-refractivity contribution >= 4 is 40.5 Å². The van der Waals surface area contributed by atoms with Gasteiger partial charge in [-0.15, -0.1) is 6.58 Å². The standard InChI is InChI=1S/C28H46N3O4PS2/c1-7-15-24-16-13-17-25(22-24)18-14-21-37-36(33,31(8-2)9-3)38-23(4)27(29-34-6)35-28(32)30(5)26-19-11-10-12-20-26/h7,13,16-17,22-23,26H,1,8-12,14-15,18-21H2,2-6H3. The lowest BCUT2D eigenvalue weighted by molar-refractivity contribution is 0.123. The molecule has 0 spiro atoms. The highest BCUT2D eigenvalue weighted by molar-refractivity contribution is 8.90. The lowest BCUT2D eigenvalue weighted by atomic mass is 9.95. The van der Waals surface area contributed by atoms with E-state index >= 15 is 0 Å². The number of hydrogen-bond donors (Lipinski definition) is 0. The van der Waals surface area contributed by atoms with Crippen LogP contribution in [0.3, 0.4) is 0 Å². The zero-order chi connectivity index (χ0) is 28.0. The average molecular weight is 584 g/mol. The molecule has 0 N–H and O–H groups in total. The second kappa shape index (κ2) is 17.3. The summed E-state index contributed by atoms with van der Waals surface area (Å²) in [5, 5.41) is 3.59. The number of ether oxygens (including phenoxy) is 1. The molecule has 0 heterocycles. The van der Waals surface area contributed by atoms with E-state index in [0.717, 1.165) is 50.7 Å². The minimum Gasteiger partial charge on any atom is -0.396 e. The second-order valence-corrected chi connectivity index (χ2v) is 17.6. The lowest BCUT2D eigenvalue weighted by Crippen LogP contribution is -2.40. The Morgan fingerprint density at radius 1 is 1.24 bits per heavy atom. The molecule has 0 aromatic heterocycles. The molecule has 1 fully saturated rings. The zero-order valence-corrected chi connectivity index (χ0v) is 26.3. The molecule has 0 aliphatic heterocycles. The molecule has 2 atom stereocenters. The number of nitrogens with zero attached hydrogens (tertiary/aromatic N) is 3. The van der Waals surface area contributed by atoms with E-state index in [1.807, 2.05) is 31.5 Å². The third-order valence-corrected chi connectivity index (χ3v) is 16.0. The summed E-state index contributed by atoms with van der Waals surface area (Å²) in [4.78, 5) is 19.6. The van der Waals surface area contributed by atoms with Crippen LogP contribution < -0.4 is 0 Å². The van der Waals surface area contributed by atoms with Crippen molar-refractivity contribution in [2.24, 2.45) is 5.16 Å². The van der Waals surface area contributed by atoms with Crippen LogP contribution in [0.2, 0.25) is 0 Å². The van der Waals surface area contributed by atoms with Gasteiger partial charge in [0.1, 0.15) is 7.11 Å². The molecule has 38 heavy (non-hydrogen) atoms. The Hall–Kier alpha value is -1.41. The Labute approximate surface area is 238 Å². The van der Waals surface area contributed by atoms with Crippen molar-refractivity contribution in [3.05, 3.63) is 48.0 Å². The highest BCUT2D eigenvalue weighted by atomic mass is 33.1. The minimum absolute atomic E-state index is 0.150. The fourth-order valence-electron chi connectivity index (χ4n) is 4.57. The summed E-state index contributed by atoms with van der Waals surface area (Å²) in [6, 6.07) is 8.75.